The van der Waals surface area contributed by atoms with Gasteiger partial charge < -0.3 is 19.4 Å². The molecule has 1 fully saturated rings. The number of hydrogen-bond donors (Lipinski definition) is 1. The van der Waals surface area contributed by atoms with Crippen LogP contribution < -0.4 is 5.32 Å². The Hall–Kier alpha value is -2.57. The van der Waals surface area contributed by atoms with Gasteiger partial charge in [0.2, 0.25) is 0 Å². The molecule has 0 spiro atoms. The number of hydrogen-bond acceptors (Lipinski definition) is 5. The van der Waals surface area contributed by atoms with Gasteiger partial charge in [-0.2, -0.15) is 0 Å². The maximum atomic E-state index is 12.0. The summed E-state index contributed by atoms with van der Waals surface area (Å²) < 4.78 is 10.3. The smallest absolute Gasteiger partial charge is 0.325 e. The number of methoxy groups -OCH3 is 1. The first-order valence-corrected chi connectivity index (χ1v) is 7.62. The zero-order valence-corrected chi connectivity index (χ0v) is 12.9. The second-order valence-corrected chi connectivity index (χ2v) is 5.52. The number of nitrogens with zero attached hydrogens (tertiary/aromatic N) is 2. The maximum Gasteiger partial charge on any atom is 0.325 e. The lowest BCUT2D eigenvalue weighted by atomic mass is 9.97. The number of ether oxygens (including phenoxy) is 1. The van der Waals surface area contributed by atoms with Crippen molar-refractivity contribution in [2.24, 2.45) is 0 Å². The quantitative estimate of drug-likeness (QED) is 0.874. The highest BCUT2D eigenvalue weighted by atomic mass is 16.5. The third-order valence-electron chi connectivity index (χ3n) is 4.05. The van der Waals surface area contributed by atoms with Gasteiger partial charge in [0.1, 0.15) is 12.1 Å². The summed E-state index contributed by atoms with van der Waals surface area (Å²) in [5.41, 5.74) is 1.65. The molecule has 122 valence electrons. The number of benzene rings is 1. The number of piperidine rings is 1. The fourth-order valence-electron chi connectivity index (χ4n) is 2.73. The average Bonchev–Trinajstić information content (AvgIpc) is 3.03. The third kappa shape index (κ3) is 3.44. The molecule has 0 bridgehead atoms. The van der Waals surface area contributed by atoms with Gasteiger partial charge in [-0.25, -0.2) is 9.78 Å². The molecule has 7 heteroatoms. The van der Waals surface area contributed by atoms with Gasteiger partial charge in [-0.05, 0) is 25.0 Å². The van der Waals surface area contributed by atoms with Crippen LogP contribution in [0.15, 0.2) is 28.7 Å². The molecule has 1 aromatic heterocycles. The Morgan fingerprint density at radius 3 is 2.78 bits per heavy atom. The summed E-state index contributed by atoms with van der Waals surface area (Å²) in [5.74, 6) is 0.493. The highest BCUT2D eigenvalue weighted by molar-refractivity contribution is 5.80. The van der Waals surface area contributed by atoms with Crippen molar-refractivity contribution in [2.45, 2.75) is 18.8 Å². The molecule has 2 aromatic rings. The van der Waals surface area contributed by atoms with E-state index in [1.54, 1.807) is 4.90 Å². The molecule has 1 N–H and O–H groups in total. The Bertz CT molecular complexity index is 671. The zero-order chi connectivity index (χ0) is 16.2. The van der Waals surface area contributed by atoms with Crippen molar-refractivity contribution >= 4 is 23.1 Å². The van der Waals surface area contributed by atoms with Gasteiger partial charge in [0.05, 0.1) is 7.11 Å². The number of fused-ring (bicyclic) bond motifs is 1. The highest BCUT2D eigenvalue weighted by Crippen LogP contribution is 2.29. The number of oxazole rings is 1. The van der Waals surface area contributed by atoms with Gasteiger partial charge in [0.25, 0.3) is 0 Å². The molecule has 0 radical (unpaired) electrons. The Balaban J connectivity index is 1.55. The van der Waals surface area contributed by atoms with Gasteiger partial charge in [0, 0.05) is 19.0 Å². The SMILES string of the molecule is COC(=O)CNC(=O)N1CCC(c2nc3ccccc3o2)CC1. The first-order chi connectivity index (χ1) is 11.2. The van der Waals surface area contributed by atoms with Crippen molar-refractivity contribution in [3.8, 4) is 0 Å². The number of amides is 2. The van der Waals surface area contributed by atoms with E-state index in [0.29, 0.717) is 13.1 Å². The number of aromatic nitrogens is 1. The molecular formula is C16H19N3O4. The van der Waals surface area contributed by atoms with E-state index in [1.807, 2.05) is 24.3 Å². The number of esters is 1. The summed E-state index contributed by atoms with van der Waals surface area (Å²) in [6, 6.07) is 7.44. The molecule has 7 nitrogen and oxygen atoms in total. The van der Waals surface area contributed by atoms with Crippen molar-refractivity contribution in [1.29, 1.82) is 0 Å². The fourth-order valence-corrected chi connectivity index (χ4v) is 2.73. The molecule has 0 atom stereocenters. The Kier molecular flexibility index (Phi) is 4.45. The molecule has 2 amide bonds. The fraction of sp³-hybridized carbons (Fsp3) is 0.438. The minimum atomic E-state index is -0.459. The maximum absolute atomic E-state index is 12.0. The molecule has 23 heavy (non-hydrogen) atoms. The van der Waals surface area contributed by atoms with Crippen LogP contribution in [-0.2, 0) is 9.53 Å². The lowest BCUT2D eigenvalue weighted by Gasteiger charge is -2.30. The minimum absolute atomic E-state index is 0.111. The average molecular weight is 317 g/mol. The first kappa shape index (κ1) is 15.3. The lowest BCUT2D eigenvalue weighted by molar-refractivity contribution is -0.139. The Labute approximate surface area is 133 Å². The predicted octanol–water partition coefficient (Wildman–Crippen LogP) is 1.89. The van der Waals surface area contributed by atoms with Crippen LogP contribution in [0.25, 0.3) is 11.1 Å². The Morgan fingerprint density at radius 1 is 1.35 bits per heavy atom. The summed E-state index contributed by atoms with van der Waals surface area (Å²) in [6.45, 7) is 1.10. The van der Waals surface area contributed by atoms with E-state index in [4.69, 9.17) is 4.42 Å². The van der Waals surface area contributed by atoms with E-state index in [1.165, 1.54) is 7.11 Å². The number of urea groups is 1. The highest BCUT2D eigenvalue weighted by Gasteiger charge is 2.27. The van der Waals surface area contributed by atoms with Crippen molar-refractivity contribution in [3.05, 3.63) is 30.2 Å². The van der Waals surface area contributed by atoms with Crippen molar-refractivity contribution in [2.75, 3.05) is 26.7 Å². The van der Waals surface area contributed by atoms with E-state index in [-0.39, 0.29) is 18.5 Å². The first-order valence-electron chi connectivity index (χ1n) is 7.62. The summed E-state index contributed by atoms with van der Waals surface area (Å²) >= 11 is 0. The molecule has 1 aliphatic heterocycles. The minimum Gasteiger partial charge on any atom is -0.468 e. The normalized spacial score (nSPS) is 15.6. The van der Waals surface area contributed by atoms with E-state index in [2.05, 4.69) is 15.0 Å². The summed E-state index contributed by atoms with van der Waals surface area (Å²) in [4.78, 5) is 29.2. The molecule has 1 aromatic carbocycles. The van der Waals surface area contributed by atoms with Gasteiger partial charge in [0.15, 0.2) is 11.5 Å². The van der Waals surface area contributed by atoms with Crippen molar-refractivity contribution in [1.82, 2.24) is 15.2 Å². The van der Waals surface area contributed by atoms with Crippen LogP contribution in [-0.4, -0.2) is 48.6 Å². The van der Waals surface area contributed by atoms with E-state index in [0.717, 1.165) is 29.8 Å². The van der Waals surface area contributed by atoms with Crippen LogP contribution in [0.2, 0.25) is 0 Å². The van der Waals surface area contributed by atoms with E-state index >= 15 is 0 Å². The largest absolute Gasteiger partial charge is 0.468 e. The number of likely N-dealkylation sites (tertiary alicyclic amines) is 1. The van der Waals surface area contributed by atoms with Crippen molar-refractivity contribution < 1.29 is 18.7 Å². The molecule has 0 saturated carbocycles. The van der Waals surface area contributed by atoms with Gasteiger partial charge >= 0.3 is 12.0 Å². The Morgan fingerprint density at radius 2 is 2.09 bits per heavy atom. The molecular weight excluding hydrogens is 298 g/mol. The summed E-state index contributed by atoms with van der Waals surface area (Å²) in [7, 11) is 1.29. The predicted molar refractivity (Wildman–Crippen MR) is 83.0 cm³/mol. The van der Waals surface area contributed by atoms with Gasteiger partial charge in [-0.1, -0.05) is 12.1 Å². The number of rotatable bonds is 3. The molecule has 1 aliphatic rings. The van der Waals surface area contributed by atoms with E-state index < -0.39 is 5.97 Å². The molecule has 0 aliphatic carbocycles. The number of carbonyl (C=O) groups is 2. The molecule has 1 saturated heterocycles. The van der Waals surface area contributed by atoms with Gasteiger partial charge in [-0.15, -0.1) is 0 Å². The second kappa shape index (κ2) is 6.68. The van der Waals surface area contributed by atoms with Crippen LogP contribution in [0.3, 0.4) is 0 Å². The lowest BCUT2D eigenvalue weighted by Crippen LogP contribution is -2.45. The summed E-state index contributed by atoms with van der Waals surface area (Å²) in [6.07, 6.45) is 1.58. The zero-order valence-electron chi connectivity index (χ0n) is 12.9. The van der Waals surface area contributed by atoms with Crippen LogP contribution in [0, 0.1) is 0 Å². The van der Waals surface area contributed by atoms with Crippen LogP contribution in [0.1, 0.15) is 24.7 Å². The van der Waals surface area contributed by atoms with Crippen LogP contribution in [0.5, 0.6) is 0 Å². The number of para-hydroxylation sites is 2. The van der Waals surface area contributed by atoms with Crippen molar-refractivity contribution in [3.63, 3.8) is 0 Å². The van der Waals surface area contributed by atoms with Gasteiger partial charge in [-0.3, -0.25) is 4.79 Å². The molecule has 3 rings (SSSR count). The summed E-state index contributed by atoms with van der Waals surface area (Å²) in [5, 5.41) is 2.55. The monoisotopic (exact) mass is 317 g/mol. The van der Waals surface area contributed by atoms with Crippen LogP contribution in [0.4, 0.5) is 4.79 Å². The molecule has 0 unspecified atom stereocenters. The topological polar surface area (TPSA) is 84.7 Å². The number of nitrogens with one attached hydrogen (secondary N) is 1. The standard InChI is InChI=1S/C16H19N3O4/c1-22-14(20)10-17-16(21)19-8-6-11(7-9-19)15-18-12-4-2-3-5-13(12)23-15/h2-5,11H,6-10H2,1H3,(H,17,21). The van der Waals surface area contributed by atoms with Crippen LogP contribution >= 0.6 is 0 Å². The number of carbonyl (C=O) groups excluding carboxylic acids is 2. The van der Waals surface area contributed by atoms with E-state index in [9.17, 15) is 9.59 Å². The molecule has 2 heterocycles. The third-order valence-corrected chi connectivity index (χ3v) is 4.05. The second-order valence-electron chi connectivity index (χ2n) is 5.52.